The number of aromatic nitrogens is 1. The second-order valence-electron chi connectivity index (χ2n) is 17.0. The lowest BCUT2D eigenvalue weighted by Gasteiger charge is -2.39. The maximum absolute atomic E-state index is 14.5. The smallest absolute Gasteiger partial charge is 0.315 e. The van der Waals surface area contributed by atoms with Crippen molar-refractivity contribution in [2.24, 2.45) is 28.1 Å². The molecule has 290 valence electrons. The van der Waals surface area contributed by atoms with E-state index in [9.17, 15) is 33.6 Å². The van der Waals surface area contributed by atoms with Crippen LogP contribution in [0.2, 0.25) is 0 Å². The van der Waals surface area contributed by atoms with E-state index >= 15 is 0 Å². The summed E-state index contributed by atoms with van der Waals surface area (Å²) in [5, 5.41) is 11.0. The molecule has 3 aliphatic rings. The van der Waals surface area contributed by atoms with Crippen LogP contribution in [0, 0.1) is 28.1 Å². The topological polar surface area (TPSA) is 187 Å². The molecule has 15 nitrogen and oxygen atoms in total. The van der Waals surface area contributed by atoms with Crippen LogP contribution in [0.25, 0.3) is 0 Å². The Balaban J connectivity index is 1.53. The Labute approximate surface area is 311 Å². The predicted octanol–water partition coefficient (Wildman–Crippen LogP) is 1.40. The van der Waals surface area contributed by atoms with Crippen molar-refractivity contribution >= 4 is 41.4 Å². The molecule has 4 rings (SSSR count). The number of imide groups is 1. The third-order valence-electron chi connectivity index (χ3n) is 10.8. The van der Waals surface area contributed by atoms with E-state index in [-0.39, 0.29) is 54.4 Å². The van der Waals surface area contributed by atoms with Gasteiger partial charge in [-0.1, -0.05) is 74.8 Å². The molecule has 1 aromatic rings. The van der Waals surface area contributed by atoms with Gasteiger partial charge >= 0.3 is 6.03 Å². The molecule has 15 heteroatoms. The number of fused-ring (bicyclic) bond motifs is 2. The minimum Gasteiger partial charge on any atom is -0.346 e. The Morgan fingerprint density at radius 3 is 2.23 bits per heavy atom. The van der Waals surface area contributed by atoms with Crippen molar-refractivity contribution in [3.8, 4) is 0 Å². The molecule has 1 aromatic heterocycles. The number of hydrogen-bond acceptors (Lipinski definition) is 8. The summed E-state index contributed by atoms with van der Waals surface area (Å²) in [6, 6.07) is -2.98. The number of rotatable bonds is 14. The van der Waals surface area contributed by atoms with Gasteiger partial charge in [0.2, 0.25) is 30.0 Å². The van der Waals surface area contributed by atoms with Gasteiger partial charge in [-0.2, -0.15) is 0 Å². The van der Waals surface area contributed by atoms with E-state index in [1.54, 1.807) is 20.8 Å². The molecule has 4 N–H and O–H groups in total. The first-order valence-corrected chi connectivity index (χ1v) is 18.2. The first-order chi connectivity index (χ1) is 24.6. The number of carbonyl (C=O) groups is 7. The minimum absolute atomic E-state index is 0.0242. The van der Waals surface area contributed by atoms with Gasteiger partial charge in [0.15, 0.2) is 0 Å². The number of ketones is 1. The molecule has 1 unspecified atom stereocenters. The largest absolute Gasteiger partial charge is 0.346 e. The molecule has 0 spiro atoms. The second-order valence-corrected chi connectivity index (χ2v) is 17.0. The summed E-state index contributed by atoms with van der Waals surface area (Å²) in [4.78, 5) is 102. The van der Waals surface area contributed by atoms with Crippen LogP contribution in [-0.2, 0) is 19.2 Å². The number of amides is 7. The molecule has 6 atom stereocenters. The van der Waals surface area contributed by atoms with Crippen molar-refractivity contribution in [2.75, 3.05) is 26.7 Å². The summed E-state index contributed by atoms with van der Waals surface area (Å²) in [5.41, 5.74) is -1.26. The van der Waals surface area contributed by atoms with E-state index in [1.165, 1.54) is 41.3 Å². The van der Waals surface area contributed by atoms with E-state index in [4.69, 9.17) is 4.84 Å². The standard InChI is InChI=1S/C38H55N7O8/c1-12-14-24(28(46)31(48)39-16-13-2)40-30(47)27-26-23(38(26,9)10)19-44(27)34(51)29(37(6,7)8)42-35(52)41-25(36(3,4)5)20-45-32(49)21-15-17-43(53-11)18-22(21)33(45)50/h13,15,17-18,23-27,29H,2,12,14,16,19-20H2,1,3-11H3,(H3-,39,40,41,42,47,48,52)/p+1/t23-,24?,25+,26-,27-,29+/m0/s1. The normalized spacial score (nSPS) is 21.8. The molecular formula is C38H56N7O8+. The molecule has 0 aromatic carbocycles. The van der Waals surface area contributed by atoms with Gasteiger partial charge in [-0.25, -0.2) is 4.79 Å². The molecular weight excluding hydrogens is 682 g/mol. The van der Waals surface area contributed by atoms with Crippen LogP contribution < -0.4 is 30.8 Å². The zero-order valence-corrected chi connectivity index (χ0v) is 32.6. The predicted molar refractivity (Wildman–Crippen MR) is 194 cm³/mol. The Hall–Kier alpha value is -4.82. The quantitative estimate of drug-likeness (QED) is 0.0955. The number of carbonyl (C=O) groups excluding carboxylic acids is 7. The molecule has 3 heterocycles. The number of urea groups is 1. The van der Waals surface area contributed by atoms with E-state index in [0.29, 0.717) is 6.42 Å². The van der Waals surface area contributed by atoms with Crippen LogP contribution in [0.5, 0.6) is 0 Å². The number of nitrogens with one attached hydrogen (secondary N) is 4. The first-order valence-electron chi connectivity index (χ1n) is 18.2. The van der Waals surface area contributed by atoms with Crippen molar-refractivity contribution in [1.29, 1.82) is 0 Å². The van der Waals surface area contributed by atoms with Crippen molar-refractivity contribution in [3.05, 3.63) is 42.2 Å². The van der Waals surface area contributed by atoms with E-state index in [1.807, 2.05) is 41.5 Å². The monoisotopic (exact) mass is 738 g/mol. The highest BCUT2D eigenvalue weighted by atomic mass is 16.6. The molecule has 1 saturated heterocycles. The second kappa shape index (κ2) is 15.3. The first kappa shape index (κ1) is 40.9. The average molecular weight is 739 g/mol. The fourth-order valence-electron chi connectivity index (χ4n) is 7.40. The van der Waals surface area contributed by atoms with Crippen LogP contribution in [0.15, 0.2) is 31.1 Å². The molecule has 2 fully saturated rings. The summed E-state index contributed by atoms with van der Waals surface area (Å²) in [6.07, 6.45) is 5.17. The van der Waals surface area contributed by atoms with Crippen molar-refractivity contribution in [1.82, 2.24) is 31.1 Å². The maximum Gasteiger partial charge on any atom is 0.315 e. The van der Waals surface area contributed by atoms with Crippen LogP contribution in [0.1, 0.15) is 95.9 Å². The zero-order chi connectivity index (χ0) is 39.8. The molecule has 53 heavy (non-hydrogen) atoms. The lowest BCUT2D eigenvalue weighted by molar-refractivity contribution is -0.885. The van der Waals surface area contributed by atoms with Crippen LogP contribution in [0.3, 0.4) is 0 Å². The number of piperidine rings is 1. The summed E-state index contributed by atoms with van der Waals surface area (Å²) in [5.74, 6) is -3.76. The van der Waals surface area contributed by atoms with E-state index < -0.39 is 76.3 Å². The Morgan fingerprint density at radius 1 is 1.02 bits per heavy atom. The average Bonchev–Trinajstić information content (AvgIpc) is 3.34. The minimum atomic E-state index is -1.08. The summed E-state index contributed by atoms with van der Waals surface area (Å²) in [7, 11) is 1.43. The van der Waals surface area contributed by atoms with E-state index in [0.717, 1.165) is 4.90 Å². The highest BCUT2D eigenvalue weighted by molar-refractivity contribution is 6.38. The third kappa shape index (κ3) is 8.38. The Morgan fingerprint density at radius 2 is 1.66 bits per heavy atom. The van der Waals surface area contributed by atoms with Crippen molar-refractivity contribution in [3.63, 3.8) is 0 Å². The van der Waals surface area contributed by atoms with Gasteiger partial charge in [-0.05, 0) is 34.5 Å². The molecule has 0 radical (unpaired) electrons. The fourth-order valence-corrected chi connectivity index (χ4v) is 7.40. The van der Waals surface area contributed by atoms with Gasteiger partial charge in [0, 0.05) is 23.9 Å². The molecule has 0 bridgehead atoms. The van der Waals surface area contributed by atoms with Gasteiger partial charge in [0.05, 0.1) is 24.2 Å². The highest BCUT2D eigenvalue weighted by Crippen LogP contribution is 2.65. The van der Waals surface area contributed by atoms with Gasteiger partial charge < -0.3 is 26.2 Å². The summed E-state index contributed by atoms with van der Waals surface area (Å²) in [6.45, 7) is 20.7. The summed E-state index contributed by atoms with van der Waals surface area (Å²) < 4.78 is 1.32. The van der Waals surface area contributed by atoms with Gasteiger partial charge in [0.1, 0.15) is 24.8 Å². The maximum atomic E-state index is 14.5. The number of likely N-dealkylation sites (tertiary alicyclic amines) is 1. The van der Waals surface area contributed by atoms with Crippen LogP contribution >= 0.6 is 0 Å². The number of Topliss-reactive ketones (excluding diaryl/α,β-unsaturated/α-hetero) is 1. The number of nitrogens with zero attached hydrogens (tertiary/aromatic N) is 3. The van der Waals surface area contributed by atoms with Crippen LogP contribution in [-0.4, -0.2) is 102 Å². The number of hydrogen-bond donors (Lipinski definition) is 4. The lowest BCUT2D eigenvalue weighted by atomic mass is 9.85. The lowest BCUT2D eigenvalue weighted by Crippen LogP contribution is -2.62. The number of pyridine rings is 1. The molecule has 1 saturated carbocycles. The third-order valence-corrected chi connectivity index (χ3v) is 10.8. The van der Waals surface area contributed by atoms with Crippen molar-refractivity contribution < 1.29 is 43.1 Å². The summed E-state index contributed by atoms with van der Waals surface area (Å²) >= 11 is 0. The van der Waals surface area contributed by atoms with Gasteiger partial charge in [-0.3, -0.25) is 38.5 Å². The molecule has 1 aliphatic carbocycles. The SMILES string of the molecule is C=CCNC(=O)C(=O)C(CCC)NC(=O)[C@@H]1[C@@H]2[C@H](CN1C(=O)[C@@H](NC(=O)N[C@H](CN1C(=O)c3cc[n+](OC)cc3C1=O)C(C)(C)C)C(C)(C)C)C2(C)C. The Bertz CT molecular complexity index is 1680. The zero-order valence-electron chi connectivity index (χ0n) is 32.6. The molecule has 7 amide bonds. The highest BCUT2D eigenvalue weighted by Gasteiger charge is 2.70. The fraction of sp³-hybridized carbons (Fsp3) is 0.632. The molecule has 2 aliphatic heterocycles. The van der Waals surface area contributed by atoms with Crippen LogP contribution in [0.4, 0.5) is 4.79 Å². The van der Waals surface area contributed by atoms with Crippen molar-refractivity contribution in [2.45, 2.75) is 99.3 Å². The Kier molecular flexibility index (Phi) is 11.8. The van der Waals surface area contributed by atoms with Gasteiger partial charge in [0.25, 0.3) is 17.7 Å². The van der Waals surface area contributed by atoms with E-state index in [2.05, 4.69) is 27.8 Å². The van der Waals surface area contributed by atoms with Gasteiger partial charge in [-0.15, -0.1) is 6.58 Å².